The molecule has 4 heteroatoms. The number of aliphatic hydroxyl groups excluding tert-OH is 1. The Hall–Kier alpha value is -1.29. The molecular weight excluding hydrogens is 278 g/mol. The highest BCUT2D eigenvalue weighted by atomic mass is 16.3. The smallest absolute Gasteiger partial charge is 0.223 e. The van der Waals surface area contributed by atoms with Crippen molar-refractivity contribution >= 4 is 5.91 Å². The molecule has 0 aromatic carbocycles. The number of carbonyl (C=O) groups excluding carboxylic acids is 1. The van der Waals surface area contributed by atoms with Crippen LogP contribution in [0.4, 0.5) is 0 Å². The van der Waals surface area contributed by atoms with Crippen LogP contribution in [0.2, 0.25) is 0 Å². The zero-order chi connectivity index (χ0) is 15.5. The lowest BCUT2D eigenvalue weighted by Gasteiger charge is -2.33. The molecule has 122 valence electrons. The molecule has 0 radical (unpaired) electrons. The van der Waals surface area contributed by atoms with Crippen LogP contribution in [-0.2, 0) is 11.2 Å². The van der Waals surface area contributed by atoms with E-state index >= 15 is 0 Å². The van der Waals surface area contributed by atoms with E-state index < -0.39 is 0 Å². The summed E-state index contributed by atoms with van der Waals surface area (Å²) in [5, 5.41) is 10.0. The highest BCUT2D eigenvalue weighted by Gasteiger charge is 2.38. The lowest BCUT2D eigenvalue weighted by molar-refractivity contribution is -0.133. The summed E-state index contributed by atoms with van der Waals surface area (Å²) in [6.45, 7) is 2.43. The Morgan fingerprint density at radius 3 is 2.77 bits per heavy atom. The van der Waals surface area contributed by atoms with E-state index in [0.717, 1.165) is 17.9 Å². The molecule has 1 aromatic rings. The van der Waals surface area contributed by atoms with Crippen molar-refractivity contribution in [2.24, 2.45) is 5.92 Å². The Morgan fingerprint density at radius 1 is 1.32 bits per heavy atom. The van der Waals surface area contributed by atoms with Crippen molar-refractivity contribution in [3.8, 4) is 0 Å². The predicted octanol–water partition coefficient (Wildman–Crippen LogP) is 3.06. The summed E-state index contributed by atoms with van der Waals surface area (Å²) in [6, 6.07) is 4.13. The highest BCUT2D eigenvalue weighted by molar-refractivity contribution is 5.77. The number of aryl methyl sites for hydroxylation is 2. The van der Waals surface area contributed by atoms with Gasteiger partial charge in [0.25, 0.3) is 0 Å². The molecule has 2 heterocycles. The molecule has 3 rings (SSSR count). The number of likely N-dealkylation sites (tertiary alicyclic amines) is 1. The fourth-order valence-corrected chi connectivity index (χ4v) is 4.09. The molecule has 0 bridgehead atoms. The third-order valence-electron chi connectivity index (χ3n) is 5.22. The van der Waals surface area contributed by atoms with Crippen molar-refractivity contribution < 1.29 is 14.3 Å². The van der Waals surface area contributed by atoms with E-state index in [-0.39, 0.29) is 18.1 Å². The van der Waals surface area contributed by atoms with Crippen molar-refractivity contribution in [2.75, 3.05) is 6.54 Å². The quantitative estimate of drug-likeness (QED) is 0.930. The van der Waals surface area contributed by atoms with Gasteiger partial charge in [0.05, 0.1) is 6.10 Å². The van der Waals surface area contributed by atoms with E-state index in [9.17, 15) is 9.90 Å². The molecule has 4 nitrogen and oxygen atoms in total. The number of furan rings is 1. The van der Waals surface area contributed by atoms with Crippen LogP contribution in [0, 0.1) is 12.8 Å². The largest absolute Gasteiger partial charge is 0.466 e. The van der Waals surface area contributed by atoms with Gasteiger partial charge in [-0.15, -0.1) is 0 Å². The monoisotopic (exact) mass is 305 g/mol. The highest BCUT2D eigenvalue weighted by Crippen LogP contribution is 2.34. The first-order valence-corrected chi connectivity index (χ1v) is 8.66. The molecule has 1 aliphatic heterocycles. The molecule has 0 unspecified atom stereocenters. The van der Waals surface area contributed by atoms with Gasteiger partial charge in [0, 0.05) is 25.4 Å². The van der Waals surface area contributed by atoms with Crippen molar-refractivity contribution in [1.29, 1.82) is 0 Å². The second kappa shape index (κ2) is 6.86. The van der Waals surface area contributed by atoms with Crippen LogP contribution in [-0.4, -0.2) is 34.6 Å². The standard InChI is InChI=1S/C18H27NO3/c1-13-7-8-16(22-13)9-10-18(21)19-12-15(20)11-17(19)14-5-3-2-4-6-14/h7-8,14-15,17,20H,2-6,9-12H2,1H3/t15-,17-/m1/s1. The Kier molecular flexibility index (Phi) is 4.87. The van der Waals surface area contributed by atoms with E-state index in [1.165, 1.54) is 32.1 Å². The number of amides is 1. The minimum atomic E-state index is -0.346. The van der Waals surface area contributed by atoms with Gasteiger partial charge in [-0.05, 0) is 44.2 Å². The van der Waals surface area contributed by atoms with Crippen molar-refractivity contribution in [2.45, 2.75) is 70.4 Å². The molecule has 22 heavy (non-hydrogen) atoms. The summed E-state index contributed by atoms with van der Waals surface area (Å²) in [4.78, 5) is 14.6. The van der Waals surface area contributed by atoms with Crippen LogP contribution in [0.25, 0.3) is 0 Å². The van der Waals surface area contributed by atoms with Gasteiger partial charge < -0.3 is 14.4 Å². The van der Waals surface area contributed by atoms with Crippen LogP contribution < -0.4 is 0 Å². The Morgan fingerprint density at radius 2 is 2.09 bits per heavy atom. The molecule has 1 amide bonds. The topological polar surface area (TPSA) is 53.7 Å². The van der Waals surface area contributed by atoms with E-state index in [1.54, 1.807) is 0 Å². The van der Waals surface area contributed by atoms with E-state index in [0.29, 0.717) is 25.3 Å². The minimum absolute atomic E-state index is 0.168. The number of aliphatic hydroxyl groups is 1. The summed E-state index contributed by atoms with van der Waals surface area (Å²) in [5.74, 6) is 2.51. The first-order chi connectivity index (χ1) is 10.6. The summed E-state index contributed by atoms with van der Waals surface area (Å²) in [7, 11) is 0. The molecule has 1 aliphatic carbocycles. The molecule has 2 fully saturated rings. The van der Waals surface area contributed by atoms with Crippen molar-refractivity contribution in [3.05, 3.63) is 23.7 Å². The van der Waals surface area contributed by atoms with E-state index in [4.69, 9.17) is 4.42 Å². The number of nitrogens with zero attached hydrogens (tertiary/aromatic N) is 1. The lowest BCUT2D eigenvalue weighted by atomic mass is 9.82. The van der Waals surface area contributed by atoms with E-state index in [1.807, 2.05) is 24.0 Å². The predicted molar refractivity (Wildman–Crippen MR) is 84.5 cm³/mol. The first-order valence-electron chi connectivity index (χ1n) is 8.66. The molecule has 1 saturated carbocycles. The Labute approximate surface area is 132 Å². The van der Waals surface area contributed by atoms with Gasteiger partial charge in [0.1, 0.15) is 11.5 Å². The number of carbonyl (C=O) groups is 1. The molecule has 1 N–H and O–H groups in total. The average molecular weight is 305 g/mol. The van der Waals surface area contributed by atoms with Gasteiger partial charge in [0.2, 0.25) is 5.91 Å². The third kappa shape index (κ3) is 3.54. The van der Waals surface area contributed by atoms with Crippen LogP contribution in [0.3, 0.4) is 0 Å². The molecule has 1 aromatic heterocycles. The van der Waals surface area contributed by atoms with Crippen molar-refractivity contribution in [3.63, 3.8) is 0 Å². The van der Waals surface area contributed by atoms with Gasteiger partial charge in [-0.2, -0.15) is 0 Å². The molecule has 1 saturated heterocycles. The maximum Gasteiger partial charge on any atom is 0.223 e. The zero-order valence-electron chi connectivity index (χ0n) is 13.5. The first kappa shape index (κ1) is 15.6. The Balaban J connectivity index is 1.59. The van der Waals surface area contributed by atoms with Gasteiger partial charge >= 0.3 is 0 Å². The molecule has 2 atom stereocenters. The van der Waals surface area contributed by atoms with E-state index in [2.05, 4.69) is 0 Å². The normalized spacial score (nSPS) is 26.5. The van der Waals surface area contributed by atoms with Gasteiger partial charge in [-0.25, -0.2) is 0 Å². The third-order valence-corrected chi connectivity index (χ3v) is 5.22. The molecule has 0 spiro atoms. The van der Waals surface area contributed by atoms with Crippen LogP contribution >= 0.6 is 0 Å². The van der Waals surface area contributed by atoms with Gasteiger partial charge in [-0.3, -0.25) is 4.79 Å². The average Bonchev–Trinajstić information content (AvgIpc) is 3.11. The maximum atomic E-state index is 12.6. The molecular formula is C18H27NO3. The summed E-state index contributed by atoms with van der Waals surface area (Å²) >= 11 is 0. The number of hydrogen-bond acceptors (Lipinski definition) is 3. The second-order valence-corrected chi connectivity index (χ2v) is 6.91. The van der Waals surface area contributed by atoms with Gasteiger partial charge in [0.15, 0.2) is 0 Å². The zero-order valence-corrected chi connectivity index (χ0v) is 13.5. The number of β-amino-alcohol motifs (C(OH)–C–C–N with tert-alkyl or cyclic N) is 1. The second-order valence-electron chi connectivity index (χ2n) is 6.91. The Bertz CT molecular complexity index is 504. The summed E-state index contributed by atoms with van der Waals surface area (Å²) in [5.41, 5.74) is 0. The van der Waals surface area contributed by atoms with Crippen molar-refractivity contribution in [1.82, 2.24) is 4.90 Å². The SMILES string of the molecule is Cc1ccc(CCC(=O)N2C[C@H](O)C[C@@H]2C2CCCCC2)o1. The maximum absolute atomic E-state index is 12.6. The van der Waals surface area contributed by atoms with Crippen LogP contribution in [0.1, 0.15) is 56.5 Å². The fraction of sp³-hybridized carbons (Fsp3) is 0.722. The fourth-order valence-electron chi connectivity index (χ4n) is 4.09. The molecule has 2 aliphatic rings. The number of hydrogen-bond donors (Lipinski definition) is 1. The van der Waals surface area contributed by atoms with Crippen LogP contribution in [0.15, 0.2) is 16.5 Å². The minimum Gasteiger partial charge on any atom is -0.466 e. The summed E-state index contributed by atoms with van der Waals surface area (Å²) in [6.07, 6.45) is 7.81. The number of rotatable bonds is 4. The summed E-state index contributed by atoms with van der Waals surface area (Å²) < 4.78 is 5.54. The van der Waals surface area contributed by atoms with Gasteiger partial charge in [-0.1, -0.05) is 19.3 Å². The van der Waals surface area contributed by atoms with Crippen LogP contribution in [0.5, 0.6) is 0 Å². The lowest BCUT2D eigenvalue weighted by Crippen LogP contribution is -2.41.